The van der Waals surface area contributed by atoms with Crippen molar-refractivity contribution in [3.63, 3.8) is 0 Å². The van der Waals surface area contributed by atoms with Crippen molar-refractivity contribution < 1.29 is 13.5 Å². The number of nitrogens with one attached hydrogen (secondary N) is 1. The lowest BCUT2D eigenvalue weighted by Crippen LogP contribution is -2.42. The number of hydrogen-bond donors (Lipinski definition) is 1. The monoisotopic (exact) mass is 213 g/mol. The van der Waals surface area contributed by atoms with Crippen molar-refractivity contribution in [2.24, 2.45) is 5.92 Å². The van der Waals surface area contributed by atoms with E-state index < -0.39 is 11.6 Å². The molecular formula is C11H13F2NO. The molecule has 0 aliphatic carbocycles. The van der Waals surface area contributed by atoms with E-state index in [1.165, 1.54) is 12.1 Å². The second kappa shape index (κ2) is 4.57. The topological polar surface area (TPSA) is 21.3 Å². The molecule has 0 radical (unpaired) electrons. The Kier molecular flexibility index (Phi) is 3.16. The van der Waals surface area contributed by atoms with Gasteiger partial charge < -0.3 is 10.1 Å². The highest BCUT2D eigenvalue weighted by molar-refractivity contribution is 5.23. The van der Waals surface area contributed by atoms with Crippen molar-refractivity contribution in [2.45, 2.75) is 6.42 Å². The molecule has 0 unspecified atom stereocenters. The maximum atomic E-state index is 12.8. The normalized spacial score (nSPS) is 16.1. The molecular weight excluding hydrogens is 200 g/mol. The summed E-state index contributed by atoms with van der Waals surface area (Å²) >= 11 is 0. The van der Waals surface area contributed by atoms with Gasteiger partial charge in [-0.1, -0.05) is 0 Å². The molecule has 1 aliphatic rings. The summed E-state index contributed by atoms with van der Waals surface area (Å²) in [7, 11) is 0. The predicted octanol–water partition coefficient (Wildman–Crippen LogP) is 1.95. The predicted molar refractivity (Wildman–Crippen MR) is 52.8 cm³/mol. The summed E-state index contributed by atoms with van der Waals surface area (Å²) in [5, 5.41) is 3.15. The van der Waals surface area contributed by atoms with Crippen LogP contribution in [0.15, 0.2) is 18.2 Å². The zero-order valence-corrected chi connectivity index (χ0v) is 8.30. The Morgan fingerprint density at radius 1 is 1.20 bits per heavy atom. The molecule has 1 N–H and O–H groups in total. The molecule has 1 heterocycles. The Hall–Kier alpha value is -1.16. The molecule has 82 valence electrons. The first-order valence-electron chi connectivity index (χ1n) is 5.03. The van der Waals surface area contributed by atoms with Crippen LogP contribution < -0.4 is 10.1 Å². The van der Waals surface area contributed by atoms with Crippen molar-refractivity contribution in [1.82, 2.24) is 5.32 Å². The average Bonchev–Trinajstić information content (AvgIpc) is 2.07. The molecule has 1 aromatic rings. The van der Waals surface area contributed by atoms with Crippen LogP contribution in [0.25, 0.3) is 0 Å². The van der Waals surface area contributed by atoms with Crippen LogP contribution in [0.4, 0.5) is 8.78 Å². The molecule has 2 rings (SSSR count). The molecule has 0 amide bonds. The van der Waals surface area contributed by atoms with E-state index in [-0.39, 0.29) is 5.75 Å². The Morgan fingerprint density at radius 3 is 2.40 bits per heavy atom. The number of halogens is 2. The molecule has 0 saturated carbocycles. The van der Waals surface area contributed by atoms with Crippen molar-refractivity contribution in [1.29, 1.82) is 0 Å². The fourth-order valence-electron chi connectivity index (χ4n) is 1.51. The first-order valence-corrected chi connectivity index (χ1v) is 5.03. The van der Waals surface area contributed by atoms with E-state index in [0.717, 1.165) is 25.6 Å². The Morgan fingerprint density at radius 2 is 1.87 bits per heavy atom. The average molecular weight is 213 g/mol. The summed E-state index contributed by atoms with van der Waals surface area (Å²) in [6.07, 6.45) is 0.922. The number of rotatable bonds is 4. The van der Waals surface area contributed by atoms with Crippen LogP contribution >= 0.6 is 0 Å². The maximum absolute atomic E-state index is 12.8. The molecule has 1 aromatic carbocycles. The third kappa shape index (κ3) is 2.89. The molecule has 1 aliphatic heterocycles. The van der Waals surface area contributed by atoms with E-state index in [0.29, 0.717) is 12.5 Å². The van der Waals surface area contributed by atoms with Gasteiger partial charge in [0.1, 0.15) is 17.4 Å². The zero-order valence-electron chi connectivity index (χ0n) is 8.30. The Labute approximate surface area is 87.2 Å². The van der Waals surface area contributed by atoms with Crippen LogP contribution in [0, 0.1) is 17.6 Å². The van der Waals surface area contributed by atoms with Gasteiger partial charge >= 0.3 is 0 Å². The fraction of sp³-hybridized carbons (Fsp3) is 0.455. The standard InChI is InChI=1S/C11H13F2NO/c12-9-3-10(13)5-11(4-9)15-2-1-8-6-14-7-8/h3-5,8,14H,1-2,6-7H2. The highest BCUT2D eigenvalue weighted by atomic mass is 19.1. The third-order valence-corrected chi connectivity index (χ3v) is 2.50. The molecule has 0 bridgehead atoms. The van der Waals surface area contributed by atoms with Gasteiger partial charge in [-0.25, -0.2) is 8.78 Å². The minimum absolute atomic E-state index is 0.264. The first kappa shape index (κ1) is 10.4. The second-order valence-electron chi connectivity index (χ2n) is 3.77. The summed E-state index contributed by atoms with van der Waals surface area (Å²) in [6, 6.07) is 3.23. The quantitative estimate of drug-likeness (QED) is 0.825. The van der Waals surface area contributed by atoms with Gasteiger partial charge in [-0.2, -0.15) is 0 Å². The van der Waals surface area contributed by atoms with Gasteiger partial charge in [0, 0.05) is 18.2 Å². The highest BCUT2D eigenvalue weighted by Crippen LogP contribution is 2.16. The summed E-state index contributed by atoms with van der Waals surface area (Å²) in [6.45, 7) is 2.54. The largest absolute Gasteiger partial charge is 0.493 e. The lowest BCUT2D eigenvalue weighted by atomic mass is 10.0. The van der Waals surface area contributed by atoms with Crippen molar-refractivity contribution >= 4 is 0 Å². The maximum Gasteiger partial charge on any atom is 0.129 e. The molecule has 2 nitrogen and oxygen atoms in total. The molecule has 1 saturated heterocycles. The highest BCUT2D eigenvalue weighted by Gasteiger charge is 2.16. The smallest absolute Gasteiger partial charge is 0.129 e. The van der Waals surface area contributed by atoms with Gasteiger partial charge in [0.05, 0.1) is 6.61 Å². The number of ether oxygens (including phenoxy) is 1. The van der Waals surface area contributed by atoms with Gasteiger partial charge in [-0.05, 0) is 25.4 Å². The van der Waals surface area contributed by atoms with E-state index in [9.17, 15) is 8.78 Å². The second-order valence-corrected chi connectivity index (χ2v) is 3.77. The minimum atomic E-state index is -0.602. The molecule has 15 heavy (non-hydrogen) atoms. The number of hydrogen-bond acceptors (Lipinski definition) is 2. The lowest BCUT2D eigenvalue weighted by Gasteiger charge is -2.26. The Bertz CT molecular complexity index is 319. The van der Waals surface area contributed by atoms with Crippen LogP contribution in [-0.2, 0) is 0 Å². The van der Waals surface area contributed by atoms with Gasteiger partial charge in [-0.3, -0.25) is 0 Å². The molecule has 1 fully saturated rings. The Balaban J connectivity index is 1.81. The van der Waals surface area contributed by atoms with Crippen LogP contribution in [0.3, 0.4) is 0 Å². The van der Waals surface area contributed by atoms with E-state index >= 15 is 0 Å². The van der Waals surface area contributed by atoms with Crippen LogP contribution in [0.1, 0.15) is 6.42 Å². The van der Waals surface area contributed by atoms with Gasteiger partial charge in [0.15, 0.2) is 0 Å². The van der Waals surface area contributed by atoms with E-state index in [1.54, 1.807) is 0 Å². The summed E-state index contributed by atoms with van der Waals surface area (Å²) in [5.41, 5.74) is 0. The third-order valence-electron chi connectivity index (χ3n) is 2.50. The molecule has 0 atom stereocenters. The van der Waals surface area contributed by atoms with E-state index in [2.05, 4.69) is 5.32 Å². The molecule has 4 heteroatoms. The van der Waals surface area contributed by atoms with Gasteiger partial charge in [0.25, 0.3) is 0 Å². The zero-order chi connectivity index (χ0) is 10.7. The molecule has 0 aromatic heterocycles. The first-order chi connectivity index (χ1) is 7.24. The summed E-state index contributed by atoms with van der Waals surface area (Å²) < 4.78 is 30.8. The van der Waals surface area contributed by atoms with Crippen LogP contribution in [0.2, 0.25) is 0 Å². The summed E-state index contributed by atoms with van der Waals surface area (Å²) in [5.74, 6) is -0.297. The van der Waals surface area contributed by atoms with E-state index in [4.69, 9.17) is 4.74 Å². The SMILES string of the molecule is Fc1cc(F)cc(OCCC2CNC2)c1. The van der Waals surface area contributed by atoms with E-state index in [1.807, 2.05) is 0 Å². The number of benzene rings is 1. The van der Waals surface area contributed by atoms with Crippen molar-refractivity contribution in [3.8, 4) is 5.75 Å². The van der Waals surface area contributed by atoms with Gasteiger partial charge in [-0.15, -0.1) is 0 Å². The minimum Gasteiger partial charge on any atom is -0.493 e. The van der Waals surface area contributed by atoms with Crippen LogP contribution in [-0.4, -0.2) is 19.7 Å². The van der Waals surface area contributed by atoms with Crippen molar-refractivity contribution in [2.75, 3.05) is 19.7 Å². The molecule has 0 spiro atoms. The van der Waals surface area contributed by atoms with Gasteiger partial charge in [0.2, 0.25) is 0 Å². The van der Waals surface area contributed by atoms with Crippen LogP contribution in [0.5, 0.6) is 5.75 Å². The van der Waals surface area contributed by atoms with Crippen molar-refractivity contribution in [3.05, 3.63) is 29.8 Å². The summed E-state index contributed by atoms with van der Waals surface area (Å²) in [4.78, 5) is 0. The fourth-order valence-corrected chi connectivity index (χ4v) is 1.51. The lowest BCUT2D eigenvalue weighted by molar-refractivity contribution is 0.237.